The highest BCUT2D eigenvalue weighted by Crippen LogP contribution is 2.49. The van der Waals surface area contributed by atoms with E-state index in [9.17, 15) is 14.7 Å². The molecule has 1 aliphatic heterocycles. The van der Waals surface area contributed by atoms with Crippen LogP contribution in [0.1, 0.15) is 29.7 Å². The minimum Gasteiger partial charge on any atom is -0.479 e. The quantitative estimate of drug-likeness (QED) is 0.600. The topological polar surface area (TPSA) is 79.2 Å². The summed E-state index contributed by atoms with van der Waals surface area (Å²) in [4.78, 5) is 32.4. The molecule has 0 aromatic heterocycles. The summed E-state index contributed by atoms with van der Waals surface area (Å²) in [6, 6.07) is 26.1. The van der Waals surface area contributed by atoms with Gasteiger partial charge in [0.05, 0.1) is 13.2 Å². The van der Waals surface area contributed by atoms with Crippen LogP contribution in [0.5, 0.6) is 0 Å². The molecule has 1 heterocycles. The van der Waals surface area contributed by atoms with Gasteiger partial charge in [0.25, 0.3) is 0 Å². The Morgan fingerprint density at radius 1 is 0.938 bits per heavy atom. The molecule has 3 aromatic carbocycles. The Labute approximate surface area is 186 Å². The number of aliphatic carboxylic acids is 1. The van der Waals surface area contributed by atoms with E-state index in [1.54, 1.807) is 36.1 Å². The molecule has 3 atom stereocenters. The van der Waals surface area contributed by atoms with Crippen LogP contribution in [0, 0.1) is 0 Å². The maximum Gasteiger partial charge on any atom is 0.338 e. The Morgan fingerprint density at radius 2 is 1.47 bits per heavy atom. The van der Waals surface area contributed by atoms with Crippen LogP contribution in [0.3, 0.4) is 0 Å². The molecule has 0 fully saturated rings. The minimum atomic E-state index is -1.66. The third kappa shape index (κ3) is 3.43. The van der Waals surface area contributed by atoms with Crippen LogP contribution in [-0.2, 0) is 19.9 Å². The van der Waals surface area contributed by atoms with Crippen LogP contribution < -0.4 is 0 Å². The molecule has 6 heteroatoms. The van der Waals surface area contributed by atoms with Crippen molar-refractivity contribution < 1.29 is 19.4 Å². The largest absolute Gasteiger partial charge is 0.479 e. The fraction of sp³-hybridized carbons (Fsp3) is 0.192. The maximum atomic E-state index is 13.0. The van der Waals surface area contributed by atoms with Gasteiger partial charge in [-0.05, 0) is 18.1 Å². The molecule has 1 N–H and O–H groups in total. The van der Waals surface area contributed by atoms with E-state index in [2.05, 4.69) is 0 Å². The lowest BCUT2D eigenvalue weighted by Crippen LogP contribution is -2.49. The molecule has 162 valence electrons. The number of rotatable bonds is 6. The third-order valence-electron chi connectivity index (χ3n) is 5.85. The van der Waals surface area contributed by atoms with Gasteiger partial charge in [-0.3, -0.25) is 0 Å². The lowest BCUT2D eigenvalue weighted by molar-refractivity contribution is -0.150. The van der Waals surface area contributed by atoms with Crippen LogP contribution in [0.25, 0.3) is 0 Å². The van der Waals surface area contributed by atoms with Gasteiger partial charge in [0, 0.05) is 5.56 Å². The van der Waals surface area contributed by atoms with Gasteiger partial charge in [-0.1, -0.05) is 91.0 Å². The van der Waals surface area contributed by atoms with Crippen molar-refractivity contribution in [3.8, 4) is 0 Å². The Balaban J connectivity index is 2.05. The smallest absolute Gasteiger partial charge is 0.338 e. The Bertz CT molecular complexity index is 1130. The maximum absolute atomic E-state index is 13.0. The van der Waals surface area contributed by atoms with Crippen molar-refractivity contribution in [2.75, 3.05) is 7.11 Å². The number of methoxy groups -OCH3 is 1. The van der Waals surface area contributed by atoms with E-state index in [1.807, 2.05) is 66.7 Å². The summed E-state index contributed by atoms with van der Waals surface area (Å²) in [5.41, 5.74) is 0.345. The van der Waals surface area contributed by atoms with E-state index in [4.69, 9.17) is 9.73 Å². The van der Waals surface area contributed by atoms with E-state index in [-0.39, 0.29) is 0 Å². The SMILES string of the molecule is COC(=O)[C@@H](C)N1C(c2ccccc2)=N[C@@](C(=O)O)(c2ccccc2)[C@@H]1c1ccccc1. The number of carboxylic acid groups (broad SMARTS) is 1. The van der Waals surface area contributed by atoms with E-state index in [0.29, 0.717) is 11.4 Å². The highest BCUT2D eigenvalue weighted by Gasteiger charge is 2.58. The van der Waals surface area contributed by atoms with E-state index in [0.717, 1.165) is 11.1 Å². The molecule has 32 heavy (non-hydrogen) atoms. The lowest BCUT2D eigenvalue weighted by atomic mass is 9.79. The molecular formula is C26H24N2O4. The molecular weight excluding hydrogens is 404 g/mol. The molecule has 3 aromatic rings. The summed E-state index contributed by atoms with van der Waals surface area (Å²) in [7, 11) is 1.33. The number of benzene rings is 3. The van der Waals surface area contributed by atoms with Gasteiger partial charge < -0.3 is 14.7 Å². The second kappa shape index (κ2) is 8.67. The zero-order chi connectivity index (χ0) is 22.7. The van der Waals surface area contributed by atoms with Crippen LogP contribution in [0.2, 0.25) is 0 Å². The molecule has 0 radical (unpaired) electrons. The van der Waals surface area contributed by atoms with Gasteiger partial charge in [0.15, 0.2) is 0 Å². The first-order chi connectivity index (χ1) is 15.5. The summed E-state index contributed by atoms with van der Waals surface area (Å²) in [5.74, 6) is -1.13. The number of esters is 1. The molecule has 0 saturated heterocycles. The summed E-state index contributed by atoms with van der Waals surface area (Å²) in [5, 5.41) is 10.7. The number of carboxylic acids is 1. The molecule has 0 bridgehead atoms. The summed E-state index contributed by atoms with van der Waals surface area (Å²) < 4.78 is 5.04. The van der Waals surface area contributed by atoms with E-state index < -0.39 is 29.6 Å². The van der Waals surface area contributed by atoms with Crippen molar-refractivity contribution in [3.63, 3.8) is 0 Å². The second-order valence-corrected chi connectivity index (χ2v) is 7.66. The standard InChI is InChI=1S/C26H24N2O4/c1-18(24(29)32-2)28-22(19-12-6-3-7-13-19)26(25(30)31,21-16-10-5-11-17-21)27-23(28)20-14-8-4-9-15-20/h3-18,22H,1-2H3,(H,30,31)/t18-,22+,26+/m1/s1. The number of hydrogen-bond donors (Lipinski definition) is 1. The first-order valence-corrected chi connectivity index (χ1v) is 10.4. The fourth-order valence-electron chi connectivity index (χ4n) is 4.34. The predicted molar refractivity (Wildman–Crippen MR) is 121 cm³/mol. The molecule has 0 unspecified atom stereocenters. The number of carbonyl (C=O) groups is 2. The minimum absolute atomic E-state index is 0.434. The van der Waals surface area contributed by atoms with E-state index >= 15 is 0 Å². The first-order valence-electron chi connectivity index (χ1n) is 10.4. The first kappa shape index (κ1) is 21.3. The number of hydrogen-bond acceptors (Lipinski definition) is 5. The zero-order valence-electron chi connectivity index (χ0n) is 17.9. The Kier molecular flexibility index (Phi) is 5.77. The van der Waals surface area contributed by atoms with E-state index in [1.165, 1.54) is 7.11 Å². The average molecular weight is 428 g/mol. The Morgan fingerprint density at radius 3 is 2.00 bits per heavy atom. The molecule has 0 saturated carbocycles. The normalized spacial score (nSPS) is 21.0. The highest BCUT2D eigenvalue weighted by molar-refractivity contribution is 6.05. The average Bonchev–Trinajstić information content (AvgIpc) is 3.22. The summed E-state index contributed by atoms with van der Waals surface area (Å²) in [6.07, 6.45) is 0. The fourth-order valence-corrected chi connectivity index (χ4v) is 4.34. The number of carbonyl (C=O) groups excluding carboxylic acids is 1. The van der Waals surface area contributed by atoms with Crippen molar-refractivity contribution >= 4 is 17.8 Å². The third-order valence-corrected chi connectivity index (χ3v) is 5.85. The number of aliphatic imine (C=N–C) groups is 1. The molecule has 4 rings (SSSR count). The van der Waals surface area contributed by atoms with Crippen LogP contribution >= 0.6 is 0 Å². The van der Waals surface area contributed by atoms with Crippen LogP contribution in [-0.4, -0.2) is 40.9 Å². The van der Waals surface area contributed by atoms with Crippen molar-refractivity contribution in [2.24, 2.45) is 4.99 Å². The van der Waals surface area contributed by atoms with Crippen molar-refractivity contribution in [1.82, 2.24) is 4.90 Å². The van der Waals surface area contributed by atoms with Gasteiger partial charge in [-0.25, -0.2) is 14.6 Å². The van der Waals surface area contributed by atoms with Gasteiger partial charge in [-0.2, -0.15) is 0 Å². The number of amidine groups is 1. The molecule has 0 spiro atoms. The van der Waals surface area contributed by atoms with Gasteiger partial charge >= 0.3 is 11.9 Å². The van der Waals surface area contributed by atoms with Gasteiger partial charge in [-0.15, -0.1) is 0 Å². The molecule has 1 aliphatic rings. The summed E-state index contributed by atoms with van der Waals surface area (Å²) >= 11 is 0. The molecule has 6 nitrogen and oxygen atoms in total. The van der Waals surface area contributed by atoms with Crippen molar-refractivity contribution in [1.29, 1.82) is 0 Å². The lowest BCUT2D eigenvalue weighted by Gasteiger charge is -2.38. The van der Waals surface area contributed by atoms with Gasteiger partial charge in [0.1, 0.15) is 11.9 Å². The summed E-state index contributed by atoms with van der Waals surface area (Å²) in [6.45, 7) is 1.71. The van der Waals surface area contributed by atoms with Crippen molar-refractivity contribution in [2.45, 2.75) is 24.5 Å². The molecule has 0 aliphatic carbocycles. The second-order valence-electron chi connectivity index (χ2n) is 7.66. The number of ether oxygens (including phenoxy) is 1. The monoisotopic (exact) mass is 428 g/mol. The highest BCUT2D eigenvalue weighted by atomic mass is 16.5. The number of nitrogens with zero attached hydrogens (tertiary/aromatic N) is 2. The predicted octanol–water partition coefficient (Wildman–Crippen LogP) is 4.03. The Hall–Kier alpha value is -3.93. The van der Waals surface area contributed by atoms with Gasteiger partial charge in [0.2, 0.25) is 5.54 Å². The van der Waals surface area contributed by atoms with Crippen LogP contribution in [0.15, 0.2) is 96.0 Å². The van der Waals surface area contributed by atoms with Crippen molar-refractivity contribution in [3.05, 3.63) is 108 Å². The van der Waals surface area contributed by atoms with Crippen LogP contribution in [0.4, 0.5) is 0 Å². The molecule has 0 amide bonds. The zero-order valence-corrected chi connectivity index (χ0v) is 17.9.